The Hall–Kier alpha value is -1.71. The van der Waals surface area contributed by atoms with Crippen molar-refractivity contribution >= 4 is 5.91 Å². The van der Waals surface area contributed by atoms with E-state index in [4.69, 9.17) is 9.47 Å². The molecule has 0 spiro atoms. The maximum Gasteiger partial charge on any atom is 0.223 e. The Morgan fingerprint density at radius 2 is 1.90 bits per heavy atom. The zero-order chi connectivity index (χ0) is 14.2. The van der Waals surface area contributed by atoms with Crippen LogP contribution in [0, 0.1) is 0 Å². The molecule has 4 nitrogen and oxygen atoms in total. The van der Waals surface area contributed by atoms with E-state index in [1.54, 1.807) is 7.11 Å². The Morgan fingerprint density at radius 3 is 2.60 bits per heavy atom. The molecule has 20 heavy (non-hydrogen) atoms. The van der Waals surface area contributed by atoms with E-state index in [1.807, 2.05) is 24.3 Å². The quantitative estimate of drug-likeness (QED) is 0.869. The highest BCUT2D eigenvalue weighted by Gasteiger charge is 2.15. The minimum absolute atomic E-state index is 0.0757. The Labute approximate surface area is 120 Å². The Balaban J connectivity index is 1.70. The average molecular weight is 277 g/mol. The van der Waals surface area contributed by atoms with Gasteiger partial charge in [-0.3, -0.25) is 4.79 Å². The van der Waals surface area contributed by atoms with Crippen molar-refractivity contribution in [2.24, 2.45) is 0 Å². The molecule has 110 valence electrons. The van der Waals surface area contributed by atoms with Crippen LogP contribution in [0.2, 0.25) is 0 Å². The molecule has 2 rings (SSSR count). The number of benzene rings is 1. The highest BCUT2D eigenvalue weighted by Crippen LogP contribution is 2.25. The number of methoxy groups -OCH3 is 1. The summed E-state index contributed by atoms with van der Waals surface area (Å²) < 4.78 is 10.8. The molecule has 1 fully saturated rings. The van der Waals surface area contributed by atoms with Crippen LogP contribution in [-0.4, -0.2) is 25.7 Å². The van der Waals surface area contributed by atoms with Crippen LogP contribution in [0.15, 0.2) is 24.3 Å². The van der Waals surface area contributed by atoms with Crippen LogP contribution in [0.4, 0.5) is 0 Å². The molecule has 0 aromatic heterocycles. The SMILES string of the molecule is COc1ccccc1OCCC(=O)NC1CCCCC1. The van der Waals surface area contributed by atoms with Crippen LogP contribution in [0.3, 0.4) is 0 Å². The van der Waals surface area contributed by atoms with Gasteiger partial charge in [-0.25, -0.2) is 0 Å². The second kappa shape index (κ2) is 7.78. The van der Waals surface area contributed by atoms with Gasteiger partial charge in [0.1, 0.15) is 0 Å². The van der Waals surface area contributed by atoms with Crippen molar-refractivity contribution < 1.29 is 14.3 Å². The van der Waals surface area contributed by atoms with E-state index in [9.17, 15) is 4.79 Å². The van der Waals surface area contributed by atoms with Gasteiger partial charge in [-0.1, -0.05) is 31.4 Å². The van der Waals surface area contributed by atoms with Gasteiger partial charge in [0.2, 0.25) is 5.91 Å². The van der Waals surface area contributed by atoms with Gasteiger partial charge in [-0.15, -0.1) is 0 Å². The fourth-order valence-corrected chi connectivity index (χ4v) is 2.54. The number of carbonyl (C=O) groups excluding carboxylic acids is 1. The van der Waals surface area contributed by atoms with E-state index >= 15 is 0 Å². The number of hydrogen-bond donors (Lipinski definition) is 1. The molecule has 0 bridgehead atoms. The third-order valence-corrected chi connectivity index (χ3v) is 3.63. The third kappa shape index (κ3) is 4.44. The van der Waals surface area contributed by atoms with Crippen molar-refractivity contribution in [3.8, 4) is 11.5 Å². The van der Waals surface area contributed by atoms with E-state index in [0.29, 0.717) is 30.6 Å². The first-order valence-corrected chi connectivity index (χ1v) is 7.35. The van der Waals surface area contributed by atoms with Crippen molar-refractivity contribution in [2.75, 3.05) is 13.7 Å². The maximum absolute atomic E-state index is 11.8. The lowest BCUT2D eigenvalue weighted by Gasteiger charge is -2.22. The molecule has 0 atom stereocenters. The largest absolute Gasteiger partial charge is 0.493 e. The summed E-state index contributed by atoms with van der Waals surface area (Å²) in [5.41, 5.74) is 0. The molecule has 0 aliphatic heterocycles. The summed E-state index contributed by atoms with van der Waals surface area (Å²) in [5, 5.41) is 3.08. The highest BCUT2D eigenvalue weighted by atomic mass is 16.5. The second-order valence-electron chi connectivity index (χ2n) is 5.15. The molecule has 4 heteroatoms. The van der Waals surface area contributed by atoms with E-state index < -0.39 is 0 Å². The summed E-state index contributed by atoms with van der Waals surface area (Å²) in [4.78, 5) is 11.8. The minimum Gasteiger partial charge on any atom is -0.493 e. The summed E-state index contributed by atoms with van der Waals surface area (Å²) in [6.07, 6.45) is 6.35. The van der Waals surface area contributed by atoms with Gasteiger partial charge >= 0.3 is 0 Å². The van der Waals surface area contributed by atoms with Crippen LogP contribution in [0.1, 0.15) is 38.5 Å². The van der Waals surface area contributed by atoms with Gasteiger partial charge in [-0.05, 0) is 25.0 Å². The number of hydrogen-bond acceptors (Lipinski definition) is 3. The fourth-order valence-electron chi connectivity index (χ4n) is 2.54. The average Bonchev–Trinajstić information content (AvgIpc) is 2.49. The van der Waals surface area contributed by atoms with Gasteiger partial charge in [0.05, 0.1) is 20.1 Å². The van der Waals surface area contributed by atoms with E-state index in [0.717, 1.165) is 12.8 Å². The van der Waals surface area contributed by atoms with Crippen molar-refractivity contribution in [2.45, 2.75) is 44.6 Å². The molecule has 1 N–H and O–H groups in total. The number of carbonyl (C=O) groups is 1. The molecular weight excluding hydrogens is 254 g/mol. The molecule has 1 aromatic carbocycles. The van der Waals surface area contributed by atoms with E-state index in [1.165, 1.54) is 19.3 Å². The van der Waals surface area contributed by atoms with Crippen LogP contribution in [0.5, 0.6) is 11.5 Å². The highest BCUT2D eigenvalue weighted by molar-refractivity contribution is 5.76. The third-order valence-electron chi connectivity index (χ3n) is 3.63. The van der Waals surface area contributed by atoms with Crippen LogP contribution in [-0.2, 0) is 4.79 Å². The van der Waals surface area contributed by atoms with Gasteiger partial charge in [0, 0.05) is 6.04 Å². The Morgan fingerprint density at radius 1 is 1.20 bits per heavy atom. The number of amides is 1. The van der Waals surface area contributed by atoms with Crippen molar-refractivity contribution in [3.63, 3.8) is 0 Å². The number of para-hydroxylation sites is 2. The summed E-state index contributed by atoms with van der Waals surface area (Å²) in [7, 11) is 1.61. The summed E-state index contributed by atoms with van der Waals surface area (Å²) in [6, 6.07) is 7.83. The molecule has 0 unspecified atom stereocenters. The van der Waals surface area contributed by atoms with Crippen LogP contribution >= 0.6 is 0 Å². The van der Waals surface area contributed by atoms with Crippen LogP contribution < -0.4 is 14.8 Å². The maximum atomic E-state index is 11.8. The normalized spacial score (nSPS) is 15.7. The Bertz CT molecular complexity index is 427. The molecule has 1 amide bonds. The Kier molecular flexibility index (Phi) is 5.71. The number of ether oxygens (including phenoxy) is 2. The first kappa shape index (κ1) is 14.7. The lowest BCUT2D eigenvalue weighted by molar-refractivity contribution is -0.122. The zero-order valence-electron chi connectivity index (χ0n) is 12.1. The van der Waals surface area contributed by atoms with Gasteiger partial charge in [-0.2, -0.15) is 0 Å². The number of rotatable bonds is 6. The van der Waals surface area contributed by atoms with E-state index in [2.05, 4.69) is 5.32 Å². The lowest BCUT2D eigenvalue weighted by Crippen LogP contribution is -2.36. The lowest BCUT2D eigenvalue weighted by atomic mass is 9.95. The van der Waals surface area contributed by atoms with Crippen LogP contribution in [0.25, 0.3) is 0 Å². The predicted molar refractivity (Wildman–Crippen MR) is 78.1 cm³/mol. The molecule has 1 saturated carbocycles. The molecule has 1 aromatic rings. The first-order valence-electron chi connectivity index (χ1n) is 7.35. The first-order chi connectivity index (χ1) is 9.79. The van der Waals surface area contributed by atoms with Gasteiger partial charge in [0.25, 0.3) is 0 Å². The molecule has 1 aliphatic carbocycles. The molecule has 0 heterocycles. The smallest absolute Gasteiger partial charge is 0.223 e. The second-order valence-corrected chi connectivity index (χ2v) is 5.15. The molecule has 1 aliphatic rings. The molecular formula is C16H23NO3. The van der Waals surface area contributed by atoms with Crippen molar-refractivity contribution in [3.05, 3.63) is 24.3 Å². The molecule has 0 radical (unpaired) electrons. The van der Waals surface area contributed by atoms with Gasteiger partial charge in [0.15, 0.2) is 11.5 Å². The standard InChI is InChI=1S/C16H23NO3/c1-19-14-9-5-6-10-15(14)20-12-11-16(18)17-13-7-3-2-4-8-13/h5-6,9-10,13H,2-4,7-8,11-12H2,1H3,(H,17,18). The summed E-state index contributed by atoms with van der Waals surface area (Å²) in [6.45, 7) is 0.374. The van der Waals surface area contributed by atoms with E-state index in [-0.39, 0.29) is 5.91 Å². The topological polar surface area (TPSA) is 47.6 Å². The minimum atomic E-state index is 0.0757. The fraction of sp³-hybridized carbons (Fsp3) is 0.562. The number of nitrogens with one attached hydrogen (secondary N) is 1. The molecule has 0 saturated heterocycles. The van der Waals surface area contributed by atoms with Crippen molar-refractivity contribution in [1.82, 2.24) is 5.32 Å². The van der Waals surface area contributed by atoms with Gasteiger partial charge < -0.3 is 14.8 Å². The summed E-state index contributed by atoms with van der Waals surface area (Å²) in [5.74, 6) is 1.45. The van der Waals surface area contributed by atoms with Crippen molar-refractivity contribution in [1.29, 1.82) is 0 Å². The summed E-state index contributed by atoms with van der Waals surface area (Å²) >= 11 is 0. The zero-order valence-corrected chi connectivity index (χ0v) is 12.1. The monoisotopic (exact) mass is 277 g/mol. The predicted octanol–water partition coefficient (Wildman–Crippen LogP) is 2.91.